The molecule has 8 nitrogen and oxygen atoms in total. The summed E-state index contributed by atoms with van der Waals surface area (Å²) in [5, 5.41) is 23.2. The molecule has 0 spiro atoms. The fraction of sp³-hybridized carbons (Fsp3) is 0.524. The summed E-state index contributed by atoms with van der Waals surface area (Å²) in [6.45, 7) is 3.51. The molecule has 3 atom stereocenters. The molecule has 0 bridgehead atoms. The van der Waals surface area contributed by atoms with Gasteiger partial charge in [0.2, 0.25) is 11.8 Å². The summed E-state index contributed by atoms with van der Waals surface area (Å²) in [5.74, 6) is -3.97. The second-order valence-electron chi connectivity index (χ2n) is 7.71. The van der Waals surface area contributed by atoms with E-state index in [1.807, 2.05) is 24.3 Å². The zero-order chi connectivity index (χ0) is 21.6. The quantitative estimate of drug-likeness (QED) is 0.495. The Labute approximate surface area is 169 Å². The maximum absolute atomic E-state index is 12.9. The molecule has 1 unspecified atom stereocenters. The number of carboxylic acids is 2. The van der Waals surface area contributed by atoms with Crippen molar-refractivity contribution < 1.29 is 29.4 Å². The second-order valence-corrected chi connectivity index (χ2v) is 7.71. The topological polar surface area (TPSA) is 133 Å². The van der Waals surface area contributed by atoms with Crippen molar-refractivity contribution in [3.8, 4) is 0 Å². The van der Waals surface area contributed by atoms with Crippen LogP contribution in [0.4, 0.5) is 0 Å². The van der Waals surface area contributed by atoms with Gasteiger partial charge in [-0.2, -0.15) is 0 Å². The van der Waals surface area contributed by atoms with E-state index in [4.69, 9.17) is 5.11 Å². The highest BCUT2D eigenvalue weighted by Gasteiger charge is 2.32. The number of aryl methyl sites for hydroxylation is 1. The van der Waals surface area contributed by atoms with Gasteiger partial charge < -0.3 is 20.8 Å². The van der Waals surface area contributed by atoms with Crippen LogP contribution in [0.15, 0.2) is 24.3 Å². The molecule has 2 amide bonds. The summed E-state index contributed by atoms with van der Waals surface area (Å²) < 4.78 is 0. The predicted molar refractivity (Wildman–Crippen MR) is 105 cm³/mol. The van der Waals surface area contributed by atoms with E-state index in [9.17, 15) is 24.3 Å². The van der Waals surface area contributed by atoms with Gasteiger partial charge in [-0.05, 0) is 42.7 Å². The Balaban J connectivity index is 2.09. The molecule has 1 aromatic carbocycles. The average molecular weight is 404 g/mol. The molecule has 2 rings (SSSR count). The molecule has 0 aliphatic heterocycles. The Morgan fingerprint density at radius 1 is 1.10 bits per heavy atom. The summed E-state index contributed by atoms with van der Waals surface area (Å²) in [7, 11) is 0. The number of rotatable bonds is 9. The number of carboxylic acid groups (broad SMARTS) is 2. The van der Waals surface area contributed by atoms with E-state index < -0.39 is 29.9 Å². The normalized spacial score (nSPS) is 17.7. The molecular weight excluding hydrogens is 376 g/mol. The van der Waals surface area contributed by atoms with Crippen LogP contribution in [-0.4, -0.2) is 46.0 Å². The van der Waals surface area contributed by atoms with Crippen molar-refractivity contribution in [2.45, 2.75) is 64.0 Å². The number of fused-ring (bicyclic) bond motifs is 1. The van der Waals surface area contributed by atoms with E-state index in [-0.39, 0.29) is 30.6 Å². The maximum Gasteiger partial charge on any atom is 0.326 e. The molecular formula is C21H28N2O6. The fourth-order valence-electron chi connectivity index (χ4n) is 3.60. The van der Waals surface area contributed by atoms with Gasteiger partial charge >= 0.3 is 11.9 Å². The zero-order valence-electron chi connectivity index (χ0n) is 16.7. The van der Waals surface area contributed by atoms with Gasteiger partial charge in [0.25, 0.3) is 0 Å². The average Bonchev–Trinajstić information content (AvgIpc) is 2.67. The van der Waals surface area contributed by atoms with Gasteiger partial charge in [0, 0.05) is 6.42 Å². The van der Waals surface area contributed by atoms with E-state index in [2.05, 4.69) is 10.6 Å². The minimum Gasteiger partial charge on any atom is -0.481 e. The van der Waals surface area contributed by atoms with Crippen LogP contribution < -0.4 is 10.6 Å². The molecule has 0 heterocycles. The molecule has 0 aromatic heterocycles. The van der Waals surface area contributed by atoms with Crippen molar-refractivity contribution in [1.29, 1.82) is 0 Å². The molecule has 1 aliphatic rings. The third-order valence-electron chi connectivity index (χ3n) is 5.19. The van der Waals surface area contributed by atoms with Crippen molar-refractivity contribution in [1.82, 2.24) is 10.6 Å². The minimum atomic E-state index is -1.33. The summed E-state index contributed by atoms with van der Waals surface area (Å²) in [4.78, 5) is 47.7. The smallest absolute Gasteiger partial charge is 0.326 e. The summed E-state index contributed by atoms with van der Waals surface area (Å²) in [6, 6.07) is 5.51. The van der Waals surface area contributed by atoms with Crippen LogP contribution in [0.25, 0.3) is 0 Å². The number of amides is 2. The number of nitrogens with one attached hydrogen (secondary N) is 2. The Morgan fingerprint density at radius 2 is 1.79 bits per heavy atom. The first-order chi connectivity index (χ1) is 13.7. The molecule has 4 N–H and O–H groups in total. The van der Waals surface area contributed by atoms with Crippen LogP contribution in [0.1, 0.15) is 56.6 Å². The number of carbonyl (C=O) groups is 4. The molecule has 1 aliphatic carbocycles. The molecule has 0 saturated carbocycles. The van der Waals surface area contributed by atoms with Gasteiger partial charge in [0.05, 0.1) is 5.92 Å². The summed E-state index contributed by atoms with van der Waals surface area (Å²) >= 11 is 0. The highest BCUT2D eigenvalue weighted by molar-refractivity contribution is 5.92. The first-order valence-corrected chi connectivity index (χ1v) is 9.83. The summed E-state index contributed by atoms with van der Waals surface area (Å²) in [5.41, 5.74) is 2.09. The first kappa shape index (κ1) is 22.4. The lowest BCUT2D eigenvalue weighted by Gasteiger charge is -2.29. The SMILES string of the molecule is CC(C)[C@H](NC(=O)C1CCCc2ccccc21)C(=O)N[C@H](CCC(=O)O)C(=O)O. The Morgan fingerprint density at radius 3 is 2.41 bits per heavy atom. The second kappa shape index (κ2) is 10.0. The van der Waals surface area contributed by atoms with Crippen LogP contribution in [0, 0.1) is 5.92 Å². The van der Waals surface area contributed by atoms with Crippen LogP contribution >= 0.6 is 0 Å². The molecule has 29 heavy (non-hydrogen) atoms. The number of hydrogen-bond acceptors (Lipinski definition) is 4. The van der Waals surface area contributed by atoms with Crippen molar-refractivity contribution in [2.75, 3.05) is 0 Å². The number of benzene rings is 1. The van der Waals surface area contributed by atoms with E-state index in [0.29, 0.717) is 6.42 Å². The van der Waals surface area contributed by atoms with Crippen LogP contribution in [-0.2, 0) is 25.6 Å². The van der Waals surface area contributed by atoms with E-state index >= 15 is 0 Å². The minimum absolute atomic E-state index is 0.231. The van der Waals surface area contributed by atoms with Crippen molar-refractivity contribution in [3.63, 3.8) is 0 Å². The zero-order valence-corrected chi connectivity index (χ0v) is 16.7. The molecule has 1 aromatic rings. The largest absolute Gasteiger partial charge is 0.481 e. The van der Waals surface area contributed by atoms with Crippen molar-refractivity contribution >= 4 is 23.8 Å². The molecule has 0 fully saturated rings. The van der Waals surface area contributed by atoms with Gasteiger partial charge in [0.1, 0.15) is 12.1 Å². The van der Waals surface area contributed by atoms with Crippen molar-refractivity contribution in [3.05, 3.63) is 35.4 Å². The number of hydrogen-bond donors (Lipinski definition) is 4. The molecule has 0 radical (unpaired) electrons. The van der Waals surface area contributed by atoms with Crippen LogP contribution in [0.2, 0.25) is 0 Å². The lowest BCUT2D eigenvalue weighted by Crippen LogP contribution is -2.54. The highest BCUT2D eigenvalue weighted by Crippen LogP contribution is 2.31. The fourth-order valence-corrected chi connectivity index (χ4v) is 3.60. The van der Waals surface area contributed by atoms with Gasteiger partial charge in [-0.1, -0.05) is 38.1 Å². The summed E-state index contributed by atoms with van der Waals surface area (Å²) in [6.07, 6.45) is 1.87. The number of carbonyl (C=O) groups excluding carboxylic acids is 2. The predicted octanol–water partition coefficient (Wildman–Crippen LogP) is 1.68. The van der Waals surface area contributed by atoms with Crippen LogP contribution in [0.3, 0.4) is 0 Å². The van der Waals surface area contributed by atoms with Gasteiger partial charge in [-0.25, -0.2) is 4.79 Å². The third kappa shape index (κ3) is 6.04. The lowest BCUT2D eigenvalue weighted by molar-refractivity contribution is -0.143. The van der Waals surface area contributed by atoms with Crippen molar-refractivity contribution in [2.24, 2.45) is 5.92 Å². The standard InChI is InChI=1S/C21H28N2O6/c1-12(2)18(20(27)22-16(21(28)29)10-11-17(24)25)23-19(26)15-9-5-7-13-6-3-4-8-14(13)15/h3-4,6,8,12,15-16,18H,5,7,9-11H2,1-2H3,(H,22,27)(H,23,26)(H,24,25)(H,28,29)/t15?,16-,18+/m1/s1. The maximum atomic E-state index is 12.9. The number of aliphatic carboxylic acids is 2. The van der Waals surface area contributed by atoms with E-state index in [1.54, 1.807) is 13.8 Å². The Kier molecular flexibility index (Phi) is 7.75. The Bertz CT molecular complexity index is 776. The van der Waals surface area contributed by atoms with Crippen LogP contribution in [0.5, 0.6) is 0 Å². The molecule has 8 heteroatoms. The first-order valence-electron chi connectivity index (χ1n) is 9.83. The highest BCUT2D eigenvalue weighted by atomic mass is 16.4. The van der Waals surface area contributed by atoms with Gasteiger partial charge in [0.15, 0.2) is 0 Å². The van der Waals surface area contributed by atoms with E-state index in [1.165, 1.54) is 0 Å². The van der Waals surface area contributed by atoms with Gasteiger partial charge in [-0.3, -0.25) is 14.4 Å². The monoisotopic (exact) mass is 404 g/mol. The molecule has 0 saturated heterocycles. The Hall–Kier alpha value is -2.90. The van der Waals surface area contributed by atoms with E-state index in [0.717, 1.165) is 24.0 Å². The lowest BCUT2D eigenvalue weighted by atomic mass is 9.82. The third-order valence-corrected chi connectivity index (χ3v) is 5.19. The van der Waals surface area contributed by atoms with Gasteiger partial charge in [-0.15, -0.1) is 0 Å². The molecule has 158 valence electrons.